The van der Waals surface area contributed by atoms with Gasteiger partial charge >= 0.3 is 5.97 Å². The van der Waals surface area contributed by atoms with E-state index in [0.29, 0.717) is 12.1 Å². The van der Waals surface area contributed by atoms with Crippen LogP contribution in [0.25, 0.3) is 0 Å². The first kappa shape index (κ1) is 17.5. The van der Waals surface area contributed by atoms with Crippen molar-refractivity contribution in [3.8, 4) is 0 Å². The molecule has 2 rings (SSSR count). The molecule has 1 heterocycles. The van der Waals surface area contributed by atoms with Crippen molar-refractivity contribution in [1.29, 1.82) is 0 Å². The molecule has 1 N–H and O–H groups in total. The third-order valence-corrected chi connectivity index (χ3v) is 4.30. The molecule has 126 valence electrons. The first-order valence-electron chi connectivity index (χ1n) is 8.77. The zero-order chi connectivity index (χ0) is 16.5. The fraction of sp³-hybridized carbons (Fsp3) is 0.579. The summed E-state index contributed by atoms with van der Waals surface area (Å²) in [6.07, 6.45) is 8.58. The summed E-state index contributed by atoms with van der Waals surface area (Å²) in [5.74, 6) is -1.30. The normalized spacial score (nSPS) is 20.3. The van der Waals surface area contributed by atoms with Gasteiger partial charge < -0.3 is 10.1 Å². The van der Waals surface area contributed by atoms with Gasteiger partial charge in [-0.05, 0) is 25.0 Å². The van der Waals surface area contributed by atoms with Crippen LogP contribution in [-0.4, -0.2) is 18.0 Å². The third kappa shape index (κ3) is 5.70. The maximum absolute atomic E-state index is 12.2. The number of carbonyl (C=O) groups excluding carboxylic acids is 2. The van der Waals surface area contributed by atoms with Gasteiger partial charge in [0.15, 0.2) is 0 Å². The Labute approximate surface area is 138 Å². The molecule has 2 atom stereocenters. The lowest BCUT2D eigenvalue weighted by Crippen LogP contribution is -2.26. The molecule has 1 aliphatic heterocycles. The second-order valence-electron chi connectivity index (χ2n) is 6.26. The first-order chi connectivity index (χ1) is 11.2. The van der Waals surface area contributed by atoms with Crippen LogP contribution in [0.4, 0.5) is 5.69 Å². The van der Waals surface area contributed by atoms with E-state index >= 15 is 0 Å². The summed E-state index contributed by atoms with van der Waals surface area (Å²) in [7, 11) is 0. The molecule has 1 aliphatic rings. The minimum atomic E-state index is -0.666. The van der Waals surface area contributed by atoms with E-state index < -0.39 is 5.92 Å². The molecular weight excluding hydrogens is 290 g/mol. The summed E-state index contributed by atoms with van der Waals surface area (Å²) >= 11 is 0. The fourth-order valence-corrected chi connectivity index (χ4v) is 2.95. The highest BCUT2D eigenvalue weighted by atomic mass is 16.6. The molecule has 1 amide bonds. The Morgan fingerprint density at radius 2 is 1.83 bits per heavy atom. The maximum atomic E-state index is 12.2. The largest absolute Gasteiger partial charge is 0.462 e. The summed E-state index contributed by atoms with van der Waals surface area (Å²) in [5.41, 5.74) is 0.713. The van der Waals surface area contributed by atoms with Gasteiger partial charge in [-0.3, -0.25) is 9.59 Å². The number of benzene rings is 1. The van der Waals surface area contributed by atoms with E-state index in [9.17, 15) is 9.59 Å². The van der Waals surface area contributed by atoms with Gasteiger partial charge in [-0.1, -0.05) is 57.2 Å². The van der Waals surface area contributed by atoms with Crippen LogP contribution in [0.5, 0.6) is 0 Å². The molecule has 0 unspecified atom stereocenters. The Balaban J connectivity index is 1.71. The lowest BCUT2D eigenvalue weighted by atomic mass is 10.00. The van der Waals surface area contributed by atoms with Crippen LogP contribution < -0.4 is 5.32 Å². The number of ether oxygens (including phenoxy) is 1. The summed E-state index contributed by atoms with van der Waals surface area (Å²) in [6, 6.07) is 9.21. The van der Waals surface area contributed by atoms with E-state index in [1.807, 2.05) is 30.3 Å². The van der Waals surface area contributed by atoms with Crippen LogP contribution >= 0.6 is 0 Å². The minimum Gasteiger partial charge on any atom is -0.462 e. The summed E-state index contributed by atoms with van der Waals surface area (Å²) in [4.78, 5) is 24.1. The van der Waals surface area contributed by atoms with Crippen LogP contribution in [0.15, 0.2) is 30.3 Å². The van der Waals surface area contributed by atoms with E-state index in [1.54, 1.807) is 0 Å². The molecule has 1 fully saturated rings. The highest BCUT2D eigenvalue weighted by Gasteiger charge is 2.39. The maximum Gasteiger partial charge on any atom is 0.318 e. The molecule has 0 aliphatic carbocycles. The zero-order valence-electron chi connectivity index (χ0n) is 13.9. The number of hydrogen-bond donors (Lipinski definition) is 1. The fourth-order valence-electron chi connectivity index (χ4n) is 2.95. The highest BCUT2D eigenvalue weighted by Crippen LogP contribution is 2.26. The van der Waals surface area contributed by atoms with Crippen molar-refractivity contribution in [3.63, 3.8) is 0 Å². The molecule has 0 aromatic heterocycles. The Morgan fingerprint density at radius 1 is 1.13 bits per heavy atom. The van der Waals surface area contributed by atoms with E-state index in [1.165, 1.54) is 32.1 Å². The number of unbranched alkanes of at least 4 members (excludes halogenated alkanes) is 5. The Morgan fingerprint density at radius 3 is 2.57 bits per heavy atom. The number of para-hydroxylation sites is 1. The SMILES string of the molecule is CCCCCCCC[C@H]1C[C@@H](C(=O)Nc2ccccc2)C(=O)O1. The Kier molecular flexibility index (Phi) is 7.11. The topological polar surface area (TPSA) is 55.4 Å². The average Bonchev–Trinajstić information content (AvgIpc) is 2.93. The molecule has 0 bridgehead atoms. The van der Waals surface area contributed by atoms with Crippen LogP contribution in [0.3, 0.4) is 0 Å². The lowest BCUT2D eigenvalue weighted by Gasteiger charge is -2.08. The van der Waals surface area contributed by atoms with Gasteiger partial charge in [0.05, 0.1) is 0 Å². The molecule has 1 saturated heterocycles. The van der Waals surface area contributed by atoms with Gasteiger partial charge in [-0.15, -0.1) is 0 Å². The molecule has 1 aromatic rings. The average molecular weight is 317 g/mol. The van der Waals surface area contributed by atoms with Crippen molar-refractivity contribution >= 4 is 17.6 Å². The Bertz CT molecular complexity index is 501. The number of esters is 1. The molecule has 4 nitrogen and oxygen atoms in total. The van der Waals surface area contributed by atoms with Gasteiger partial charge in [0.2, 0.25) is 5.91 Å². The van der Waals surface area contributed by atoms with Gasteiger partial charge in [0.25, 0.3) is 0 Å². The second-order valence-corrected chi connectivity index (χ2v) is 6.26. The molecule has 23 heavy (non-hydrogen) atoms. The van der Waals surface area contributed by atoms with E-state index in [4.69, 9.17) is 4.74 Å². The number of carbonyl (C=O) groups is 2. The van der Waals surface area contributed by atoms with E-state index in [-0.39, 0.29) is 18.0 Å². The molecule has 0 saturated carbocycles. The van der Waals surface area contributed by atoms with Gasteiger partial charge in [-0.25, -0.2) is 0 Å². The van der Waals surface area contributed by atoms with Gasteiger partial charge in [0.1, 0.15) is 12.0 Å². The van der Waals surface area contributed by atoms with Gasteiger partial charge in [-0.2, -0.15) is 0 Å². The van der Waals surface area contributed by atoms with Crippen molar-refractivity contribution in [2.24, 2.45) is 5.92 Å². The number of rotatable bonds is 9. The predicted octanol–water partition coefficient (Wildman–Crippen LogP) is 4.31. The predicted molar refractivity (Wildman–Crippen MR) is 91.1 cm³/mol. The van der Waals surface area contributed by atoms with Crippen molar-refractivity contribution in [3.05, 3.63) is 30.3 Å². The molecule has 0 spiro atoms. The van der Waals surface area contributed by atoms with E-state index in [0.717, 1.165) is 12.8 Å². The van der Waals surface area contributed by atoms with Crippen molar-refractivity contribution in [2.75, 3.05) is 5.32 Å². The standard InChI is InChI=1S/C19H27NO3/c1-2-3-4-5-6-10-13-16-14-17(19(22)23-16)18(21)20-15-11-8-7-9-12-15/h7-9,11-12,16-17H,2-6,10,13-14H2,1H3,(H,20,21)/t16-,17-/m0/s1. The monoisotopic (exact) mass is 317 g/mol. The van der Waals surface area contributed by atoms with Crippen LogP contribution in [-0.2, 0) is 14.3 Å². The molecule has 4 heteroatoms. The number of amides is 1. The van der Waals surface area contributed by atoms with Crippen LogP contribution in [0.1, 0.15) is 58.3 Å². The minimum absolute atomic E-state index is 0.0970. The summed E-state index contributed by atoms with van der Waals surface area (Å²) in [5, 5.41) is 2.79. The first-order valence-corrected chi connectivity index (χ1v) is 8.77. The quantitative estimate of drug-likeness (QED) is 0.419. The van der Waals surface area contributed by atoms with Crippen LogP contribution in [0.2, 0.25) is 0 Å². The van der Waals surface area contributed by atoms with Crippen molar-refractivity contribution < 1.29 is 14.3 Å². The number of hydrogen-bond acceptors (Lipinski definition) is 3. The number of anilines is 1. The molecular formula is C19H27NO3. The summed E-state index contributed by atoms with van der Waals surface area (Å²) in [6.45, 7) is 2.21. The number of nitrogens with one attached hydrogen (secondary N) is 1. The molecule has 1 aromatic carbocycles. The molecule has 0 radical (unpaired) electrons. The van der Waals surface area contributed by atoms with E-state index in [2.05, 4.69) is 12.2 Å². The summed E-state index contributed by atoms with van der Waals surface area (Å²) < 4.78 is 5.36. The van der Waals surface area contributed by atoms with Crippen molar-refractivity contribution in [1.82, 2.24) is 0 Å². The smallest absolute Gasteiger partial charge is 0.318 e. The number of cyclic esters (lactones) is 1. The zero-order valence-corrected chi connectivity index (χ0v) is 13.9. The van der Waals surface area contributed by atoms with Gasteiger partial charge in [0, 0.05) is 12.1 Å². The third-order valence-electron chi connectivity index (χ3n) is 4.30. The second kappa shape index (κ2) is 9.33. The highest BCUT2D eigenvalue weighted by molar-refractivity contribution is 6.05. The van der Waals surface area contributed by atoms with Crippen LogP contribution in [0, 0.1) is 5.92 Å². The lowest BCUT2D eigenvalue weighted by molar-refractivity contribution is -0.146. The van der Waals surface area contributed by atoms with Crippen molar-refractivity contribution in [2.45, 2.75) is 64.4 Å². The Hall–Kier alpha value is -1.84.